The molecule has 29 heavy (non-hydrogen) atoms. The Labute approximate surface area is 171 Å². The van der Waals surface area contributed by atoms with E-state index in [2.05, 4.69) is 21.2 Å². The summed E-state index contributed by atoms with van der Waals surface area (Å²) >= 11 is 0. The van der Waals surface area contributed by atoms with Crippen LogP contribution in [0.5, 0.6) is 11.5 Å². The van der Waals surface area contributed by atoms with Crippen molar-refractivity contribution in [2.45, 2.75) is 33.8 Å². The number of aromatic nitrogens is 2. The van der Waals surface area contributed by atoms with Crippen LogP contribution in [0.25, 0.3) is 10.9 Å². The lowest BCUT2D eigenvalue weighted by Gasteiger charge is -2.17. The lowest BCUT2D eigenvalue weighted by molar-refractivity contribution is 0.206. The highest BCUT2D eigenvalue weighted by Crippen LogP contribution is 2.35. The van der Waals surface area contributed by atoms with Crippen molar-refractivity contribution < 1.29 is 14.6 Å². The summed E-state index contributed by atoms with van der Waals surface area (Å²) in [6, 6.07) is 11.3. The minimum atomic E-state index is -0.0222. The Morgan fingerprint density at radius 1 is 1.17 bits per heavy atom. The molecule has 6 nitrogen and oxygen atoms in total. The molecule has 0 spiro atoms. The minimum Gasteiger partial charge on any atom is -0.490 e. The van der Waals surface area contributed by atoms with Crippen LogP contribution in [0, 0.1) is 12.3 Å². The van der Waals surface area contributed by atoms with E-state index in [0.29, 0.717) is 30.3 Å². The van der Waals surface area contributed by atoms with E-state index in [0.717, 1.165) is 22.2 Å². The predicted octanol–water partition coefficient (Wildman–Crippen LogP) is 4.54. The van der Waals surface area contributed by atoms with Crippen molar-refractivity contribution in [1.29, 1.82) is 0 Å². The fourth-order valence-electron chi connectivity index (χ4n) is 2.69. The molecule has 0 saturated heterocycles. The Morgan fingerprint density at radius 3 is 2.72 bits per heavy atom. The van der Waals surface area contributed by atoms with Crippen molar-refractivity contribution in [3.63, 3.8) is 0 Å². The fraction of sp³-hybridized carbons (Fsp3) is 0.304. The summed E-state index contributed by atoms with van der Waals surface area (Å²) in [6.07, 6.45) is 7.50. The molecule has 0 aliphatic heterocycles. The zero-order valence-corrected chi connectivity index (χ0v) is 16.0. The molecule has 0 aliphatic carbocycles. The predicted molar refractivity (Wildman–Crippen MR) is 117 cm³/mol. The molecule has 0 saturated carbocycles. The third-order valence-electron chi connectivity index (χ3n) is 3.92. The van der Waals surface area contributed by atoms with Gasteiger partial charge in [-0.15, -0.1) is 6.42 Å². The van der Waals surface area contributed by atoms with E-state index in [1.54, 1.807) is 0 Å². The monoisotopic (exact) mass is 393 g/mol. The van der Waals surface area contributed by atoms with Crippen LogP contribution >= 0.6 is 0 Å². The van der Waals surface area contributed by atoms with Crippen LogP contribution in [0.2, 0.25) is 0 Å². The Morgan fingerprint density at radius 2 is 2.00 bits per heavy atom. The first-order valence-electron chi connectivity index (χ1n) is 9.13. The zero-order valence-electron chi connectivity index (χ0n) is 16.0. The second-order valence-corrected chi connectivity index (χ2v) is 6.48. The van der Waals surface area contributed by atoms with E-state index >= 15 is 0 Å². The van der Waals surface area contributed by atoms with E-state index in [9.17, 15) is 0 Å². The SMILES string of the molecule is C.C#Cc1cccc(Nc2ncnc3cc(OCCCO)c(OC(C)C)cc23)c1. The number of aliphatic hydroxyl groups is 1. The molecule has 6 heteroatoms. The highest BCUT2D eigenvalue weighted by atomic mass is 16.5. The van der Waals surface area contributed by atoms with E-state index in [4.69, 9.17) is 21.0 Å². The minimum absolute atomic E-state index is 0. The number of aliphatic hydroxyl groups excluding tert-OH is 1. The molecule has 0 aliphatic rings. The number of hydrogen-bond donors (Lipinski definition) is 2. The molecule has 2 aromatic carbocycles. The maximum Gasteiger partial charge on any atom is 0.163 e. The van der Waals surface area contributed by atoms with Crippen LogP contribution < -0.4 is 14.8 Å². The van der Waals surface area contributed by atoms with Gasteiger partial charge < -0.3 is 19.9 Å². The maximum absolute atomic E-state index is 8.99. The average Bonchev–Trinajstić information content (AvgIpc) is 2.69. The fourth-order valence-corrected chi connectivity index (χ4v) is 2.69. The number of fused-ring (bicyclic) bond motifs is 1. The maximum atomic E-state index is 8.99. The van der Waals surface area contributed by atoms with Crippen LogP contribution in [0.3, 0.4) is 0 Å². The van der Waals surface area contributed by atoms with Gasteiger partial charge in [0.1, 0.15) is 12.1 Å². The number of ether oxygens (including phenoxy) is 2. The molecule has 0 atom stereocenters. The third kappa shape index (κ3) is 5.59. The summed E-state index contributed by atoms with van der Waals surface area (Å²) < 4.78 is 11.7. The molecule has 3 rings (SSSR count). The number of terminal acetylenes is 1. The molecule has 1 aromatic heterocycles. The van der Waals surface area contributed by atoms with Crippen LogP contribution in [0.1, 0.15) is 33.3 Å². The summed E-state index contributed by atoms with van der Waals surface area (Å²) in [6.45, 7) is 4.37. The van der Waals surface area contributed by atoms with Crippen LogP contribution in [-0.4, -0.2) is 34.4 Å². The van der Waals surface area contributed by atoms with Crippen LogP contribution in [0.15, 0.2) is 42.7 Å². The second kappa shape index (κ2) is 10.3. The van der Waals surface area contributed by atoms with Gasteiger partial charge in [0, 0.05) is 35.7 Å². The normalized spacial score (nSPS) is 10.3. The van der Waals surface area contributed by atoms with Crippen molar-refractivity contribution in [3.8, 4) is 23.8 Å². The van der Waals surface area contributed by atoms with Gasteiger partial charge in [-0.25, -0.2) is 9.97 Å². The molecule has 1 heterocycles. The number of nitrogens with zero attached hydrogens (tertiary/aromatic N) is 2. The van der Waals surface area contributed by atoms with Crippen LogP contribution in [-0.2, 0) is 0 Å². The number of anilines is 2. The van der Waals surface area contributed by atoms with Crippen LogP contribution in [0.4, 0.5) is 11.5 Å². The summed E-state index contributed by atoms with van der Waals surface area (Å²) in [7, 11) is 0. The van der Waals surface area contributed by atoms with E-state index in [1.807, 2.05) is 50.2 Å². The van der Waals surface area contributed by atoms with Crippen molar-refractivity contribution in [2.75, 3.05) is 18.5 Å². The van der Waals surface area contributed by atoms with Crippen molar-refractivity contribution in [1.82, 2.24) is 9.97 Å². The van der Waals surface area contributed by atoms with Gasteiger partial charge in [0.05, 0.1) is 18.2 Å². The molecule has 3 aromatic rings. The first kappa shape index (κ1) is 22.0. The Bertz CT molecular complexity index is 996. The Balaban J connectivity index is 0.00000300. The highest BCUT2D eigenvalue weighted by Gasteiger charge is 2.14. The molecule has 0 radical (unpaired) electrons. The molecule has 2 N–H and O–H groups in total. The van der Waals surface area contributed by atoms with Gasteiger partial charge in [-0.05, 0) is 38.1 Å². The lowest BCUT2D eigenvalue weighted by atomic mass is 10.2. The van der Waals surface area contributed by atoms with Crippen molar-refractivity contribution >= 4 is 22.4 Å². The first-order valence-corrected chi connectivity index (χ1v) is 9.13. The van der Waals surface area contributed by atoms with E-state index < -0.39 is 0 Å². The van der Waals surface area contributed by atoms with Gasteiger partial charge in [0.25, 0.3) is 0 Å². The van der Waals surface area contributed by atoms with Gasteiger partial charge in [-0.3, -0.25) is 0 Å². The van der Waals surface area contributed by atoms with Crippen molar-refractivity contribution in [3.05, 3.63) is 48.3 Å². The molecule has 0 unspecified atom stereocenters. The summed E-state index contributed by atoms with van der Waals surface area (Å²) in [5.74, 6) is 4.47. The quantitative estimate of drug-likeness (QED) is 0.432. The Kier molecular flexibility index (Phi) is 7.81. The van der Waals surface area contributed by atoms with Gasteiger partial charge in [0.15, 0.2) is 11.5 Å². The van der Waals surface area contributed by atoms with Gasteiger partial charge in [-0.2, -0.15) is 0 Å². The number of hydrogen-bond acceptors (Lipinski definition) is 6. The summed E-state index contributed by atoms with van der Waals surface area (Å²) in [4.78, 5) is 8.74. The number of rotatable bonds is 8. The van der Waals surface area contributed by atoms with Gasteiger partial charge >= 0.3 is 0 Å². The first-order chi connectivity index (χ1) is 13.6. The topological polar surface area (TPSA) is 76.5 Å². The molecular weight excluding hydrogens is 366 g/mol. The van der Waals surface area contributed by atoms with Crippen molar-refractivity contribution in [2.24, 2.45) is 0 Å². The third-order valence-corrected chi connectivity index (χ3v) is 3.92. The highest BCUT2D eigenvalue weighted by molar-refractivity contribution is 5.93. The van der Waals surface area contributed by atoms with Gasteiger partial charge in [0.2, 0.25) is 0 Å². The van der Waals surface area contributed by atoms with Gasteiger partial charge in [-0.1, -0.05) is 19.4 Å². The molecule has 0 fully saturated rings. The number of benzene rings is 2. The Hall–Kier alpha value is -3.30. The number of nitrogens with one attached hydrogen (secondary N) is 1. The average molecular weight is 393 g/mol. The standard InChI is InChI=1S/C22H23N3O3.CH4/c1-4-16-7-5-8-17(11-16)25-22-18-12-21(28-15(2)3)20(27-10-6-9-26)13-19(18)23-14-24-22;/h1,5,7-8,11-15,26H,6,9-10H2,2-3H3,(H,23,24,25);1H4. The van der Waals surface area contributed by atoms with E-state index in [1.165, 1.54) is 6.33 Å². The molecule has 0 amide bonds. The summed E-state index contributed by atoms with van der Waals surface area (Å²) in [5, 5.41) is 13.1. The second-order valence-electron chi connectivity index (χ2n) is 6.48. The van der Waals surface area contributed by atoms with E-state index in [-0.39, 0.29) is 20.1 Å². The molecular formula is C23H27N3O3. The zero-order chi connectivity index (χ0) is 19.9. The molecule has 152 valence electrons. The molecule has 0 bridgehead atoms. The smallest absolute Gasteiger partial charge is 0.163 e. The summed E-state index contributed by atoms with van der Waals surface area (Å²) in [5.41, 5.74) is 2.34. The lowest BCUT2D eigenvalue weighted by Crippen LogP contribution is -2.09. The largest absolute Gasteiger partial charge is 0.490 e.